The van der Waals surface area contributed by atoms with Crippen LogP contribution in [0.15, 0.2) is 73.1 Å². The van der Waals surface area contributed by atoms with Gasteiger partial charge < -0.3 is 15.1 Å². The third kappa shape index (κ3) is 4.82. The van der Waals surface area contributed by atoms with Gasteiger partial charge >= 0.3 is 0 Å². The summed E-state index contributed by atoms with van der Waals surface area (Å²) in [6.45, 7) is 4.35. The summed E-state index contributed by atoms with van der Waals surface area (Å²) in [5.41, 5.74) is 3.74. The van der Waals surface area contributed by atoms with Crippen molar-refractivity contribution in [2.45, 2.75) is 13.3 Å². The molecule has 1 saturated heterocycles. The van der Waals surface area contributed by atoms with E-state index < -0.39 is 0 Å². The molecular formula is C27H26N6O2. The quantitative estimate of drug-likeness (QED) is 0.478. The highest BCUT2D eigenvalue weighted by Crippen LogP contribution is 2.27. The van der Waals surface area contributed by atoms with Crippen molar-refractivity contribution in [1.82, 2.24) is 19.9 Å². The van der Waals surface area contributed by atoms with Crippen molar-refractivity contribution < 1.29 is 9.59 Å². The van der Waals surface area contributed by atoms with Crippen LogP contribution in [-0.4, -0.2) is 57.8 Å². The molecule has 8 nitrogen and oxygen atoms in total. The topological polar surface area (TPSA) is 91.3 Å². The van der Waals surface area contributed by atoms with Gasteiger partial charge in [0.2, 0.25) is 11.9 Å². The average Bonchev–Trinajstić information content (AvgIpc) is 2.93. The molecule has 0 atom stereocenters. The van der Waals surface area contributed by atoms with Gasteiger partial charge in [0.1, 0.15) is 0 Å². The van der Waals surface area contributed by atoms with Crippen LogP contribution < -0.4 is 10.2 Å². The molecule has 0 saturated carbocycles. The molecular weight excluding hydrogens is 440 g/mol. The summed E-state index contributed by atoms with van der Waals surface area (Å²) in [4.78, 5) is 42.8. The Morgan fingerprint density at radius 3 is 2.34 bits per heavy atom. The molecule has 0 aliphatic carbocycles. The maximum Gasteiger partial charge on any atom is 0.254 e. The molecule has 4 aromatic rings. The van der Waals surface area contributed by atoms with Crippen molar-refractivity contribution in [3.63, 3.8) is 0 Å². The van der Waals surface area contributed by atoms with E-state index in [1.807, 2.05) is 66.4 Å². The number of rotatable bonds is 5. The van der Waals surface area contributed by atoms with Crippen LogP contribution in [0, 0.1) is 0 Å². The summed E-state index contributed by atoms with van der Waals surface area (Å²) >= 11 is 0. The normalized spacial score (nSPS) is 13.6. The number of nitrogens with zero attached hydrogens (tertiary/aromatic N) is 5. The molecule has 0 spiro atoms. The first-order valence-electron chi connectivity index (χ1n) is 11.7. The van der Waals surface area contributed by atoms with Gasteiger partial charge in [0.05, 0.1) is 16.8 Å². The van der Waals surface area contributed by atoms with Gasteiger partial charge in [0, 0.05) is 61.6 Å². The van der Waals surface area contributed by atoms with Crippen LogP contribution >= 0.6 is 0 Å². The zero-order valence-electron chi connectivity index (χ0n) is 19.5. The Morgan fingerprint density at radius 2 is 1.63 bits per heavy atom. The third-order valence-electron chi connectivity index (χ3n) is 6.13. The van der Waals surface area contributed by atoms with E-state index in [2.05, 4.69) is 20.2 Å². The first-order chi connectivity index (χ1) is 17.1. The Hall–Kier alpha value is -4.33. The van der Waals surface area contributed by atoms with E-state index in [1.54, 1.807) is 18.5 Å². The van der Waals surface area contributed by atoms with Crippen molar-refractivity contribution in [2.75, 3.05) is 36.4 Å². The Balaban J connectivity index is 1.41. The molecule has 1 fully saturated rings. The number of pyridine rings is 1. The fourth-order valence-electron chi connectivity index (χ4n) is 4.21. The molecule has 1 aliphatic heterocycles. The molecule has 2 amide bonds. The minimum Gasteiger partial charge on any atom is -0.337 e. The molecule has 8 heteroatoms. The van der Waals surface area contributed by atoms with Gasteiger partial charge in [-0.1, -0.05) is 37.3 Å². The number of amides is 2. The maximum absolute atomic E-state index is 13.6. The molecule has 0 radical (unpaired) electrons. The number of para-hydroxylation sites is 1. The lowest BCUT2D eigenvalue weighted by molar-refractivity contribution is -0.115. The highest BCUT2D eigenvalue weighted by Gasteiger charge is 2.25. The predicted molar refractivity (Wildman–Crippen MR) is 136 cm³/mol. The molecule has 35 heavy (non-hydrogen) atoms. The minimum absolute atomic E-state index is 0.00897. The van der Waals surface area contributed by atoms with Crippen LogP contribution in [0.4, 0.5) is 11.6 Å². The number of fused-ring (bicyclic) bond motifs is 1. The van der Waals surface area contributed by atoms with Gasteiger partial charge in [-0.2, -0.15) is 0 Å². The maximum atomic E-state index is 13.6. The number of carbonyl (C=O) groups excluding carboxylic acids is 2. The largest absolute Gasteiger partial charge is 0.337 e. The molecule has 0 unspecified atom stereocenters. The van der Waals surface area contributed by atoms with E-state index >= 15 is 0 Å². The second-order valence-corrected chi connectivity index (χ2v) is 8.38. The van der Waals surface area contributed by atoms with Crippen molar-refractivity contribution in [2.24, 2.45) is 0 Å². The summed E-state index contributed by atoms with van der Waals surface area (Å²) in [5, 5.41) is 3.69. The smallest absolute Gasteiger partial charge is 0.254 e. The summed E-state index contributed by atoms with van der Waals surface area (Å²) in [6.07, 6.45) is 3.88. The zero-order chi connectivity index (χ0) is 24.2. The summed E-state index contributed by atoms with van der Waals surface area (Å²) in [5.74, 6) is 0.647. The fourth-order valence-corrected chi connectivity index (χ4v) is 4.21. The summed E-state index contributed by atoms with van der Waals surface area (Å²) < 4.78 is 0. The molecule has 3 heterocycles. The lowest BCUT2D eigenvalue weighted by Crippen LogP contribution is -2.49. The number of anilines is 2. The molecule has 176 valence electrons. The van der Waals surface area contributed by atoms with E-state index in [-0.39, 0.29) is 11.8 Å². The molecule has 2 aromatic carbocycles. The van der Waals surface area contributed by atoms with Crippen LogP contribution in [0.1, 0.15) is 23.7 Å². The molecule has 1 N–H and O–H groups in total. The van der Waals surface area contributed by atoms with E-state index in [0.29, 0.717) is 44.1 Å². The van der Waals surface area contributed by atoms with E-state index in [0.717, 1.165) is 27.8 Å². The second-order valence-electron chi connectivity index (χ2n) is 8.38. The summed E-state index contributed by atoms with van der Waals surface area (Å²) in [7, 11) is 0. The number of aromatic nitrogens is 3. The van der Waals surface area contributed by atoms with Crippen LogP contribution in [0.5, 0.6) is 0 Å². The number of carbonyl (C=O) groups is 2. The van der Waals surface area contributed by atoms with Gasteiger partial charge in [-0.05, 0) is 30.3 Å². The Morgan fingerprint density at radius 1 is 0.914 bits per heavy atom. The monoisotopic (exact) mass is 466 g/mol. The van der Waals surface area contributed by atoms with Crippen LogP contribution in [0.2, 0.25) is 0 Å². The lowest BCUT2D eigenvalue weighted by Gasteiger charge is -2.34. The minimum atomic E-state index is -0.0339. The highest BCUT2D eigenvalue weighted by atomic mass is 16.2. The fraction of sp³-hybridized carbons (Fsp3) is 0.222. The Bertz CT molecular complexity index is 1350. The van der Waals surface area contributed by atoms with Gasteiger partial charge in [-0.25, -0.2) is 15.0 Å². The Kier molecular flexibility index (Phi) is 6.34. The number of benzene rings is 2. The van der Waals surface area contributed by atoms with Gasteiger partial charge in [0.15, 0.2) is 0 Å². The third-order valence-corrected chi connectivity index (χ3v) is 6.13. The van der Waals surface area contributed by atoms with Gasteiger partial charge in [-0.3, -0.25) is 9.59 Å². The predicted octanol–water partition coefficient (Wildman–Crippen LogP) is 4.00. The SMILES string of the molecule is CCC(=O)Nc1ccc(-c2cc(C(=O)N3CCN(c4ncccn4)CC3)c3ccccc3n2)cc1. The second kappa shape index (κ2) is 9.89. The first-order valence-corrected chi connectivity index (χ1v) is 11.7. The van der Waals surface area contributed by atoms with Crippen molar-refractivity contribution in [3.8, 4) is 11.3 Å². The molecule has 1 aliphatic rings. The standard InChI is InChI=1S/C27H26N6O2/c1-2-25(34)30-20-10-8-19(9-11-20)24-18-22(21-6-3-4-7-23(21)31-24)26(35)32-14-16-33(17-15-32)27-28-12-5-13-29-27/h3-13,18H,2,14-17H2,1H3,(H,30,34). The molecule has 5 rings (SSSR count). The molecule has 2 aromatic heterocycles. The van der Waals surface area contributed by atoms with Crippen LogP contribution in [-0.2, 0) is 4.79 Å². The van der Waals surface area contributed by atoms with Crippen LogP contribution in [0.25, 0.3) is 22.2 Å². The summed E-state index contributed by atoms with van der Waals surface area (Å²) in [6, 6.07) is 18.9. The van der Waals surface area contributed by atoms with Crippen molar-refractivity contribution in [3.05, 3.63) is 78.6 Å². The van der Waals surface area contributed by atoms with Crippen molar-refractivity contribution in [1.29, 1.82) is 0 Å². The number of nitrogens with one attached hydrogen (secondary N) is 1. The number of piperazine rings is 1. The van der Waals surface area contributed by atoms with Crippen molar-refractivity contribution >= 4 is 34.4 Å². The lowest BCUT2D eigenvalue weighted by atomic mass is 10.0. The van der Waals surface area contributed by atoms with Crippen LogP contribution in [0.3, 0.4) is 0 Å². The number of hydrogen-bond acceptors (Lipinski definition) is 6. The highest BCUT2D eigenvalue weighted by molar-refractivity contribution is 6.07. The van der Waals surface area contributed by atoms with E-state index in [4.69, 9.17) is 4.98 Å². The molecule has 0 bridgehead atoms. The Labute approximate surface area is 203 Å². The van der Waals surface area contributed by atoms with E-state index in [9.17, 15) is 9.59 Å². The van der Waals surface area contributed by atoms with E-state index in [1.165, 1.54) is 0 Å². The van der Waals surface area contributed by atoms with Gasteiger partial charge in [0.25, 0.3) is 5.91 Å². The average molecular weight is 467 g/mol. The first kappa shape index (κ1) is 22.5. The number of hydrogen-bond donors (Lipinski definition) is 1. The van der Waals surface area contributed by atoms with Gasteiger partial charge in [-0.15, -0.1) is 0 Å². The zero-order valence-corrected chi connectivity index (χ0v) is 19.5.